The minimum absolute atomic E-state index is 0.647. The second-order valence-electron chi connectivity index (χ2n) is 5.55. The lowest BCUT2D eigenvalue weighted by atomic mass is 9.97. The minimum Gasteiger partial charge on any atom is -0.340 e. The van der Waals surface area contributed by atoms with Crippen molar-refractivity contribution in [2.24, 2.45) is 11.7 Å². The fraction of sp³-hybridized carbons (Fsp3) is 0.467. The van der Waals surface area contributed by atoms with Gasteiger partial charge in [-0.05, 0) is 43.0 Å². The van der Waals surface area contributed by atoms with Crippen LogP contribution in [-0.2, 0) is 6.42 Å². The summed E-state index contributed by atoms with van der Waals surface area (Å²) in [7, 11) is 0. The van der Waals surface area contributed by atoms with E-state index < -0.39 is 0 Å². The number of aromatic nitrogens is 3. The van der Waals surface area contributed by atoms with Crippen LogP contribution >= 0.6 is 11.6 Å². The van der Waals surface area contributed by atoms with Crippen LogP contribution in [0, 0.1) is 5.92 Å². The molecule has 0 saturated carbocycles. The number of aromatic amines is 1. The zero-order valence-corrected chi connectivity index (χ0v) is 12.7. The van der Waals surface area contributed by atoms with E-state index in [9.17, 15) is 0 Å². The highest BCUT2D eigenvalue weighted by molar-refractivity contribution is 6.30. The first-order valence-corrected chi connectivity index (χ1v) is 7.73. The van der Waals surface area contributed by atoms with Crippen LogP contribution in [0.1, 0.15) is 24.2 Å². The van der Waals surface area contributed by atoms with Gasteiger partial charge in [-0.15, -0.1) is 5.10 Å². The summed E-state index contributed by atoms with van der Waals surface area (Å²) in [4.78, 5) is 6.83. The van der Waals surface area contributed by atoms with Crippen LogP contribution in [0.5, 0.6) is 0 Å². The molecule has 1 aromatic heterocycles. The van der Waals surface area contributed by atoms with Crippen molar-refractivity contribution in [1.29, 1.82) is 0 Å². The van der Waals surface area contributed by atoms with Gasteiger partial charge in [0.1, 0.15) is 5.82 Å². The molecule has 1 saturated heterocycles. The molecule has 1 aliphatic heterocycles. The largest absolute Gasteiger partial charge is 0.340 e. The van der Waals surface area contributed by atoms with Crippen LogP contribution in [0.3, 0.4) is 0 Å². The molecule has 1 aliphatic rings. The summed E-state index contributed by atoms with van der Waals surface area (Å²) in [5, 5.41) is 8.12. The molecule has 0 radical (unpaired) electrons. The van der Waals surface area contributed by atoms with Gasteiger partial charge in [0, 0.05) is 24.5 Å². The van der Waals surface area contributed by atoms with Crippen molar-refractivity contribution in [2.45, 2.75) is 19.3 Å². The average Bonchev–Trinajstić information content (AvgIpc) is 2.98. The molecule has 1 aromatic carbocycles. The summed E-state index contributed by atoms with van der Waals surface area (Å²) in [6.07, 6.45) is 2.98. The smallest absolute Gasteiger partial charge is 0.244 e. The molecule has 1 fully saturated rings. The molecule has 0 unspecified atom stereocenters. The monoisotopic (exact) mass is 305 g/mol. The fourth-order valence-corrected chi connectivity index (χ4v) is 2.80. The van der Waals surface area contributed by atoms with E-state index in [-0.39, 0.29) is 0 Å². The number of nitrogens with zero attached hydrogens (tertiary/aromatic N) is 3. The van der Waals surface area contributed by atoms with E-state index in [4.69, 9.17) is 17.3 Å². The normalized spacial score (nSPS) is 16.4. The van der Waals surface area contributed by atoms with Gasteiger partial charge in [-0.2, -0.15) is 4.98 Å². The number of piperidine rings is 1. The van der Waals surface area contributed by atoms with Crippen LogP contribution < -0.4 is 10.6 Å². The maximum Gasteiger partial charge on any atom is 0.244 e. The molecule has 2 heterocycles. The predicted octanol–water partition coefficient (Wildman–Crippen LogP) is 2.22. The molecule has 0 amide bonds. The summed E-state index contributed by atoms with van der Waals surface area (Å²) in [6, 6.07) is 7.81. The molecule has 3 N–H and O–H groups in total. The quantitative estimate of drug-likeness (QED) is 0.908. The summed E-state index contributed by atoms with van der Waals surface area (Å²) in [6.45, 7) is 2.75. The molecular formula is C15H20ClN5. The lowest BCUT2D eigenvalue weighted by molar-refractivity contribution is 0.411. The second kappa shape index (κ2) is 6.45. The van der Waals surface area contributed by atoms with E-state index in [0.29, 0.717) is 5.92 Å². The van der Waals surface area contributed by atoms with E-state index in [1.807, 2.05) is 24.3 Å². The lowest BCUT2D eigenvalue weighted by Crippen LogP contribution is -2.36. The first kappa shape index (κ1) is 14.4. The van der Waals surface area contributed by atoms with Crippen LogP contribution in [0.15, 0.2) is 24.3 Å². The predicted molar refractivity (Wildman–Crippen MR) is 84.6 cm³/mol. The number of rotatable bonds is 4. The van der Waals surface area contributed by atoms with E-state index in [1.165, 1.54) is 5.56 Å². The Morgan fingerprint density at radius 3 is 2.62 bits per heavy atom. The standard InChI is InChI=1S/C15H20ClN5/c16-13-3-1-11(2-4-13)9-14-18-15(20-19-14)21-7-5-12(10-17)6-8-21/h1-4,12H,5-10,17H2,(H,18,19,20). The van der Waals surface area contributed by atoms with Gasteiger partial charge >= 0.3 is 0 Å². The number of hydrogen-bond acceptors (Lipinski definition) is 4. The van der Waals surface area contributed by atoms with Gasteiger partial charge in [0.15, 0.2) is 0 Å². The highest BCUT2D eigenvalue weighted by Gasteiger charge is 2.20. The van der Waals surface area contributed by atoms with Crippen LogP contribution in [0.2, 0.25) is 5.02 Å². The Morgan fingerprint density at radius 1 is 1.24 bits per heavy atom. The zero-order chi connectivity index (χ0) is 14.7. The topological polar surface area (TPSA) is 70.8 Å². The number of H-pyrrole nitrogens is 1. The molecule has 3 rings (SSSR count). The van der Waals surface area contributed by atoms with Crippen molar-refractivity contribution in [1.82, 2.24) is 15.2 Å². The number of nitrogens with two attached hydrogens (primary N) is 1. The van der Waals surface area contributed by atoms with Crippen molar-refractivity contribution < 1.29 is 0 Å². The molecule has 0 atom stereocenters. The van der Waals surface area contributed by atoms with Crippen LogP contribution in [0.25, 0.3) is 0 Å². The van der Waals surface area contributed by atoms with E-state index in [1.54, 1.807) is 0 Å². The Kier molecular flexibility index (Phi) is 4.41. The summed E-state index contributed by atoms with van der Waals surface area (Å²) < 4.78 is 0. The molecule has 0 spiro atoms. The number of anilines is 1. The van der Waals surface area contributed by atoms with E-state index >= 15 is 0 Å². The van der Waals surface area contributed by atoms with E-state index in [2.05, 4.69) is 20.1 Å². The van der Waals surface area contributed by atoms with Crippen molar-refractivity contribution in [3.8, 4) is 0 Å². The molecule has 0 aliphatic carbocycles. The zero-order valence-electron chi connectivity index (χ0n) is 11.9. The molecule has 21 heavy (non-hydrogen) atoms. The highest BCUT2D eigenvalue weighted by atomic mass is 35.5. The molecule has 6 heteroatoms. The Labute approximate surface area is 129 Å². The third-order valence-electron chi connectivity index (χ3n) is 4.04. The Balaban J connectivity index is 1.62. The Bertz CT molecular complexity index is 572. The lowest BCUT2D eigenvalue weighted by Gasteiger charge is -2.30. The first-order valence-electron chi connectivity index (χ1n) is 7.35. The third-order valence-corrected chi connectivity index (χ3v) is 4.29. The molecular weight excluding hydrogens is 286 g/mol. The number of nitrogens with one attached hydrogen (secondary N) is 1. The number of benzene rings is 1. The van der Waals surface area contributed by atoms with Crippen LogP contribution in [-0.4, -0.2) is 34.8 Å². The van der Waals surface area contributed by atoms with Crippen molar-refractivity contribution in [3.63, 3.8) is 0 Å². The third kappa shape index (κ3) is 3.54. The summed E-state index contributed by atoms with van der Waals surface area (Å²) >= 11 is 5.89. The maximum absolute atomic E-state index is 5.89. The van der Waals surface area contributed by atoms with Gasteiger partial charge in [-0.3, -0.25) is 5.10 Å². The van der Waals surface area contributed by atoms with Gasteiger partial charge in [0.2, 0.25) is 5.95 Å². The van der Waals surface area contributed by atoms with Crippen molar-refractivity contribution >= 4 is 17.5 Å². The minimum atomic E-state index is 0.647. The SMILES string of the molecule is NCC1CCN(c2n[nH]c(Cc3ccc(Cl)cc3)n2)CC1. The van der Waals surface area contributed by atoms with Gasteiger partial charge in [-0.1, -0.05) is 23.7 Å². The van der Waals surface area contributed by atoms with Gasteiger partial charge < -0.3 is 10.6 Å². The number of hydrogen-bond donors (Lipinski definition) is 2. The molecule has 112 valence electrons. The average molecular weight is 306 g/mol. The summed E-state index contributed by atoms with van der Waals surface area (Å²) in [5.41, 5.74) is 6.89. The highest BCUT2D eigenvalue weighted by Crippen LogP contribution is 2.20. The Morgan fingerprint density at radius 2 is 1.95 bits per heavy atom. The van der Waals surface area contributed by atoms with Crippen molar-refractivity contribution in [3.05, 3.63) is 40.7 Å². The first-order chi connectivity index (χ1) is 10.2. The van der Waals surface area contributed by atoms with Crippen molar-refractivity contribution in [2.75, 3.05) is 24.5 Å². The summed E-state index contributed by atoms with van der Waals surface area (Å²) in [5.74, 6) is 2.33. The maximum atomic E-state index is 5.89. The van der Waals surface area contributed by atoms with Gasteiger partial charge in [-0.25, -0.2) is 0 Å². The second-order valence-corrected chi connectivity index (χ2v) is 5.99. The van der Waals surface area contributed by atoms with Gasteiger partial charge in [0.25, 0.3) is 0 Å². The molecule has 5 nitrogen and oxygen atoms in total. The van der Waals surface area contributed by atoms with E-state index in [0.717, 1.165) is 55.7 Å². The van der Waals surface area contributed by atoms with Crippen LogP contribution in [0.4, 0.5) is 5.95 Å². The molecule has 2 aromatic rings. The Hall–Kier alpha value is -1.59. The van der Waals surface area contributed by atoms with Gasteiger partial charge in [0.05, 0.1) is 0 Å². The number of halogens is 1. The molecule has 0 bridgehead atoms. The fourth-order valence-electron chi connectivity index (χ4n) is 2.67.